The maximum atomic E-state index is 10.5. The van der Waals surface area contributed by atoms with Crippen molar-refractivity contribution in [2.45, 2.75) is 44.2 Å². The molecule has 2 heterocycles. The molecule has 0 aliphatic carbocycles. The van der Waals surface area contributed by atoms with E-state index >= 15 is 0 Å². The number of halogens is 1. The third-order valence-corrected chi connectivity index (χ3v) is 5.76. The number of nitrogens with zero attached hydrogens (tertiary/aromatic N) is 1. The fourth-order valence-corrected chi connectivity index (χ4v) is 3.04. The first kappa shape index (κ1) is 13.8. The number of hydrogen-bond acceptors (Lipinski definition) is 3. The molecule has 1 N–H and O–H groups in total. The van der Waals surface area contributed by atoms with Crippen molar-refractivity contribution in [1.82, 2.24) is 4.98 Å². The van der Waals surface area contributed by atoms with Crippen molar-refractivity contribution < 1.29 is 9.84 Å². The van der Waals surface area contributed by atoms with Crippen molar-refractivity contribution in [2.75, 3.05) is 0 Å². The van der Waals surface area contributed by atoms with Gasteiger partial charge < -0.3 is 9.84 Å². The molecule has 0 saturated carbocycles. The van der Waals surface area contributed by atoms with Gasteiger partial charge in [0.25, 0.3) is 0 Å². The summed E-state index contributed by atoms with van der Waals surface area (Å²) in [5.74, 6) is 0.751. The lowest BCUT2D eigenvalue weighted by Gasteiger charge is -2.40. The fourth-order valence-electron chi connectivity index (χ4n) is 2.66. The second kappa shape index (κ2) is 4.43. The zero-order chi connectivity index (χ0) is 14.7. The minimum Gasteiger partial charge on any atom is -0.486 e. The van der Waals surface area contributed by atoms with Gasteiger partial charge in [-0.05, 0) is 51.0 Å². The molecule has 3 rings (SSSR count). The first-order valence-electron chi connectivity index (χ1n) is 6.72. The number of fused-ring (bicyclic) bond motifs is 2. The number of benzene rings is 1. The number of hydrogen-bond donors (Lipinski definition) is 1. The number of aliphatic hydroxyl groups is 1. The fraction of sp³-hybridized carbons (Fsp3) is 0.438. The van der Waals surface area contributed by atoms with Crippen molar-refractivity contribution in [2.24, 2.45) is 0 Å². The van der Waals surface area contributed by atoms with E-state index in [0.717, 1.165) is 27.8 Å². The quantitative estimate of drug-likeness (QED) is 0.744. The van der Waals surface area contributed by atoms with Crippen LogP contribution in [0.3, 0.4) is 0 Å². The van der Waals surface area contributed by atoms with Crippen LogP contribution in [0.2, 0.25) is 0 Å². The highest BCUT2D eigenvalue weighted by molar-refractivity contribution is 9.09. The Hall–Kier alpha value is -1.13. The number of ether oxygens (including phenoxy) is 1. The van der Waals surface area contributed by atoms with Crippen LogP contribution in [0.1, 0.15) is 36.6 Å². The first-order valence-corrected chi connectivity index (χ1v) is 7.64. The molecule has 1 aliphatic rings. The van der Waals surface area contributed by atoms with Gasteiger partial charge in [-0.3, -0.25) is 4.98 Å². The van der Waals surface area contributed by atoms with E-state index in [9.17, 15) is 5.11 Å². The Morgan fingerprint density at radius 2 is 2.00 bits per heavy atom. The van der Waals surface area contributed by atoms with Gasteiger partial charge in [0.05, 0.1) is 16.4 Å². The minimum atomic E-state index is -0.596. The van der Waals surface area contributed by atoms with Gasteiger partial charge in [-0.2, -0.15) is 0 Å². The molecule has 20 heavy (non-hydrogen) atoms. The van der Waals surface area contributed by atoms with Crippen LogP contribution in [-0.2, 0) is 0 Å². The van der Waals surface area contributed by atoms with Gasteiger partial charge >= 0.3 is 0 Å². The molecule has 0 spiro atoms. The molecular weight excluding hydrogens is 318 g/mol. The zero-order valence-electron chi connectivity index (χ0n) is 12.1. The SMILES string of the molecule is Cc1cnc2cc3c(cc2c1C)OC(C)(C)C(Br)C3O. The summed E-state index contributed by atoms with van der Waals surface area (Å²) in [6, 6.07) is 3.94. The van der Waals surface area contributed by atoms with Gasteiger partial charge in [-0.25, -0.2) is 0 Å². The Morgan fingerprint density at radius 1 is 1.30 bits per heavy atom. The van der Waals surface area contributed by atoms with Gasteiger partial charge in [-0.1, -0.05) is 15.9 Å². The van der Waals surface area contributed by atoms with Crippen LogP contribution < -0.4 is 4.74 Å². The van der Waals surface area contributed by atoms with Crippen molar-refractivity contribution in [3.8, 4) is 5.75 Å². The second-order valence-electron chi connectivity index (χ2n) is 6.03. The summed E-state index contributed by atoms with van der Waals surface area (Å²) in [5.41, 5.74) is 3.61. The molecule has 4 heteroatoms. The molecule has 1 aliphatic heterocycles. The molecule has 0 bridgehead atoms. The second-order valence-corrected chi connectivity index (χ2v) is 7.01. The Kier molecular flexibility index (Phi) is 3.07. The van der Waals surface area contributed by atoms with E-state index in [1.165, 1.54) is 5.56 Å². The Labute approximate surface area is 127 Å². The summed E-state index contributed by atoms with van der Waals surface area (Å²) < 4.78 is 6.07. The van der Waals surface area contributed by atoms with Gasteiger partial charge in [0, 0.05) is 17.1 Å². The highest BCUT2D eigenvalue weighted by atomic mass is 79.9. The molecule has 0 saturated heterocycles. The topological polar surface area (TPSA) is 42.4 Å². The Morgan fingerprint density at radius 3 is 2.70 bits per heavy atom. The van der Waals surface area contributed by atoms with Gasteiger partial charge in [0.15, 0.2) is 0 Å². The predicted molar refractivity (Wildman–Crippen MR) is 83.6 cm³/mol. The molecule has 2 atom stereocenters. The van der Waals surface area contributed by atoms with Crippen molar-refractivity contribution in [1.29, 1.82) is 0 Å². The van der Waals surface area contributed by atoms with E-state index in [1.807, 2.05) is 32.2 Å². The number of aryl methyl sites for hydroxylation is 2. The molecular formula is C16H18BrNO2. The Bertz CT molecular complexity index is 696. The largest absolute Gasteiger partial charge is 0.486 e. The lowest BCUT2D eigenvalue weighted by atomic mass is 9.90. The number of aliphatic hydroxyl groups excluding tert-OH is 1. The number of alkyl halides is 1. The van der Waals surface area contributed by atoms with E-state index in [1.54, 1.807) is 0 Å². The van der Waals surface area contributed by atoms with Crippen LogP contribution >= 0.6 is 15.9 Å². The van der Waals surface area contributed by atoms with Crippen LogP contribution in [-0.4, -0.2) is 20.5 Å². The van der Waals surface area contributed by atoms with Gasteiger partial charge in [-0.15, -0.1) is 0 Å². The molecule has 0 fully saturated rings. The lowest BCUT2D eigenvalue weighted by Crippen LogP contribution is -2.45. The van der Waals surface area contributed by atoms with Gasteiger partial charge in [0.2, 0.25) is 0 Å². The standard InChI is InChI=1S/C16H18BrNO2/c1-8-7-18-12-5-11-13(6-10(12)9(8)2)20-16(3,4)15(17)14(11)19/h5-7,14-15,19H,1-4H3. The number of rotatable bonds is 0. The maximum absolute atomic E-state index is 10.5. The van der Waals surface area contributed by atoms with Crippen LogP contribution in [0, 0.1) is 13.8 Å². The van der Waals surface area contributed by atoms with Gasteiger partial charge in [0.1, 0.15) is 11.4 Å². The molecule has 3 nitrogen and oxygen atoms in total. The molecule has 0 amide bonds. The average molecular weight is 336 g/mol. The maximum Gasteiger partial charge on any atom is 0.126 e. The van der Waals surface area contributed by atoms with Crippen LogP contribution in [0.4, 0.5) is 0 Å². The summed E-state index contributed by atoms with van der Waals surface area (Å²) in [7, 11) is 0. The average Bonchev–Trinajstić information content (AvgIpc) is 2.39. The van der Waals surface area contributed by atoms with E-state index < -0.39 is 11.7 Å². The van der Waals surface area contributed by atoms with E-state index in [0.29, 0.717) is 0 Å². The monoisotopic (exact) mass is 335 g/mol. The summed E-state index contributed by atoms with van der Waals surface area (Å²) in [6.07, 6.45) is 1.27. The minimum absolute atomic E-state index is 0.147. The third kappa shape index (κ3) is 1.93. The molecule has 2 unspecified atom stereocenters. The summed E-state index contributed by atoms with van der Waals surface area (Å²) in [6.45, 7) is 8.09. The molecule has 0 radical (unpaired) electrons. The van der Waals surface area contributed by atoms with Crippen LogP contribution in [0.5, 0.6) is 5.75 Å². The van der Waals surface area contributed by atoms with Crippen molar-refractivity contribution in [3.05, 3.63) is 35.0 Å². The first-order chi connectivity index (χ1) is 9.31. The van der Waals surface area contributed by atoms with Crippen molar-refractivity contribution >= 4 is 26.8 Å². The van der Waals surface area contributed by atoms with Crippen molar-refractivity contribution in [3.63, 3.8) is 0 Å². The summed E-state index contributed by atoms with van der Waals surface area (Å²) in [4.78, 5) is 4.32. The highest BCUT2D eigenvalue weighted by Gasteiger charge is 2.41. The van der Waals surface area contributed by atoms with E-state index in [2.05, 4.69) is 34.8 Å². The molecule has 1 aromatic carbocycles. The molecule has 106 valence electrons. The summed E-state index contributed by atoms with van der Waals surface area (Å²) in [5, 5.41) is 11.6. The zero-order valence-corrected chi connectivity index (χ0v) is 13.7. The molecule has 1 aromatic heterocycles. The summed E-state index contributed by atoms with van der Waals surface area (Å²) >= 11 is 3.54. The van der Waals surface area contributed by atoms with E-state index in [-0.39, 0.29) is 4.83 Å². The molecule has 2 aromatic rings. The normalized spacial score (nSPS) is 24.3. The van der Waals surface area contributed by atoms with Crippen LogP contribution in [0.25, 0.3) is 10.9 Å². The third-order valence-electron chi connectivity index (χ3n) is 4.15. The number of pyridine rings is 1. The lowest BCUT2D eigenvalue weighted by molar-refractivity contribution is 0.0228. The predicted octanol–water partition coefficient (Wildman–Crippen LogP) is 3.82. The highest BCUT2D eigenvalue weighted by Crippen LogP contribution is 2.44. The number of aromatic nitrogens is 1. The van der Waals surface area contributed by atoms with Crippen LogP contribution in [0.15, 0.2) is 18.3 Å². The van der Waals surface area contributed by atoms with E-state index in [4.69, 9.17) is 4.74 Å². The Balaban J connectivity index is 2.27. The smallest absolute Gasteiger partial charge is 0.126 e.